The number of rotatable bonds is 6. The minimum atomic E-state index is -3.74. The van der Waals surface area contributed by atoms with Gasteiger partial charge >= 0.3 is 0 Å². The zero-order chi connectivity index (χ0) is 21.8. The molecule has 3 aromatic rings. The lowest BCUT2D eigenvalue weighted by atomic mass is 10.1. The number of benzene rings is 2. The molecule has 31 heavy (non-hydrogen) atoms. The summed E-state index contributed by atoms with van der Waals surface area (Å²) in [5, 5.41) is 11.1. The highest BCUT2D eigenvalue weighted by molar-refractivity contribution is 7.89. The number of anilines is 3. The lowest BCUT2D eigenvalue weighted by Crippen LogP contribution is -2.20. The van der Waals surface area contributed by atoms with Gasteiger partial charge in [-0.2, -0.15) is 0 Å². The van der Waals surface area contributed by atoms with Crippen molar-refractivity contribution in [3.63, 3.8) is 0 Å². The van der Waals surface area contributed by atoms with Gasteiger partial charge in [0.05, 0.1) is 10.6 Å². The first-order valence-electron chi connectivity index (χ1n) is 10.0. The van der Waals surface area contributed by atoms with E-state index >= 15 is 0 Å². The molecule has 0 bridgehead atoms. The lowest BCUT2D eigenvalue weighted by Gasteiger charge is -2.11. The number of primary sulfonamides is 1. The number of nitrogens with one attached hydrogen (secondary N) is 2. The van der Waals surface area contributed by atoms with Crippen LogP contribution < -0.4 is 15.8 Å². The second-order valence-electron chi connectivity index (χ2n) is 7.51. The molecule has 0 saturated heterocycles. The summed E-state index contributed by atoms with van der Waals surface area (Å²) in [4.78, 5) is 21.0. The van der Waals surface area contributed by atoms with Crippen LogP contribution in [0.25, 0.3) is 11.3 Å². The van der Waals surface area contributed by atoms with Crippen molar-refractivity contribution in [3.05, 3.63) is 60.8 Å². The van der Waals surface area contributed by atoms with Crippen molar-refractivity contribution in [3.8, 4) is 11.3 Å². The van der Waals surface area contributed by atoms with Gasteiger partial charge in [-0.1, -0.05) is 25.0 Å². The van der Waals surface area contributed by atoms with Gasteiger partial charge in [-0.05, 0) is 55.3 Å². The van der Waals surface area contributed by atoms with Crippen molar-refractivity contribution in [2.24, 2.45) is 11.1 Å². The molecule has 0 aliphatic heterocycles. The molecule has 1 fully saturated rings. The Bertz CT molecular complexity index is 1170. The zero-order valence-corrected chi connectivity index (χ0v) is 17.6. The highest BCUT2D eigenvalue weighted by Crippen LogP contribution is 2.27. The van der Waals surface area contributed by atoms with Gasteiger partial charge in [0.2, 0.25) is 21.9 Å². The van der Waals surface area contributed by atoms with Gasteiger partial charge in [-0.3, -0.25) is 4.79 Å². The van der Waals surface area contributed by atoms with Crippen LogP contribution in [0.2, 0.25) is 0 Å². The molecule has 0 unspecified atom stereocenters. The van der Waals surface area contributed by atoms with E-state index in [1.54, 1.807) is 24.4 Å². The average molecular weight is 438 g/mol. The van der Waals surface area contributed by atoms with Crippen LogP contribution in [0, 0.1) is 5.92 Å². The number of carbonyl (C=O) groups is 1. The van der Waals surface area contributed by atoms with Crippen LogP contribution in [0.5, 0.6) is 0 Å². The molecule has 1 aliphatic rings. The van der Waals surface area contributed by atoms with Gasteiger partial charge in [0.1, 0.15) is 0 Å². The molecule has 4 rings (SSSR count). The molecule has 1 heterocycles. The van der Waals surface area contributed by atoms with Crippen molar-refractivity contribution in [2.45, 2.75) is 30.6 Å². The summed E-state index contributed by atoms with van der Waals surface area (Å²) in [6.07, 6.45) is 5.81. The SMILES string of the molecule is NS(=O)(=O)c1ccc(Nc2nccc(-c3ccc(NC(=O)C4CCCC4)cc3)n2)cc1. The van der Waals surface area contributed by atoms with Gasteiger partial charge in [0.15, 0.2) is 0 Å². The quantitative estimate of drug-likeness (QED) is 0.540. The second-order valence-corrected chi connectivity index (χ2v) is 9.07. The maximum atomic E-state index is 12.3. The number of nitrogens with two attached hydrogens (primary N) is 1. The van der Waals surface area contributed by atoms with Gasteiger partial charge in [0.25, 0.3) is 0 Å². The molecule has 0 atom stereocenters. The van der Waals surface area contributed by atoms with Crippen molar-refractivity contribution >= 4 is 33.3 Å². The molecule has 2 aromatic carbocycles. The molecule has 0 spiro atoms. The Morgan fingerprint density at radius 1 is 0.935 bits per heavy atom. The molecule has 1 amide bonds. The highest BCUT2D eigenvalue weighted by atomic mass is 32.2. The fourth-order valence-electron chi connectivity index (χ4n) is 3.59. The molecule has 4 N–H and O–H groups in total. The molecule has 1 saturated carbocycles. The Morgan fingerprint density at radius 3 is 2.23 bits per heavy atom. The van der Waals surface area contributed by atoms with Gasteiger partial charge < -0.3 is 10.6 Å². The third-order valence-electron chi connectivity index (χ3n) is 5.27. The first-order valence-corrected chi connectivity index (χ1v) is 11.6. The Morgan fingerprint density at radius 2 is 1.58 bits per heavy atom. The standard InChI is InChI=1S/C22H23N5O3S/c23-31(29,30)19-11-9-18(10-12-19)26-22-24-14-13-20(27-22)15-5-7-17(8-6-15)25-21(28)16-3-1-2-4-16/h5-14,16H,1-4H2,(H,25,28)(H2,23,29,30)(H,24,26,27). The fraction of sp³-hybridized carbons (Fsp3) is 0.227. The van der Waals surface area contributed by atoms with Gasteiger partial charge in [0, 0.05) is 29.1 Å². The van der Waals surface area contributed by atoms with Gasteiger partial charge in [-0.25, -0.2) is 23.5 Å². The average Bonchev–Trinajstić information content (AvgIpc) is 3.29. The van der Waals surface area contributed by atoms with E-state index < -0.39 is 10.0 Å². The van der Waals surface area contributed by atoms with E-state index in [0.29, 0.717) is 17.3 Å². The Balaban J connectivity index is 1.44. The van der Waals surface area contributed by atoms with E-state index in [0.717, 1.165) is 36.9 Å². The Hall–Kier alpha value is -3.30. The minimum Gasteiger partial charge on any atom is -0.326 e. The molecular formula is C22H23N5O3S. The molecule has 1 aromatic heterocycles. The maximum absolute atomic E-state index is 12.3. The Labute approximate surface area is 181 Å². The summed E-state index contributed by atoms with van der Waals surface area (Å²) >= 11 is 0. The zero-order valence-electron chi connectivity index (χ0n) is 16.8. The smallest absolute Gasteiger partial charge is 0.238 e. The first-order chi connectivity index (χ1) is 14.9. The van der Waals surface area contributed by atoms with E-state index in [9.17, 15) is 13.2 Å². The van der Waals surface area contributed by atoms with E-state index in [1.807, 2.05) is 24.3 Å². The summed E-state index contributed by atoms with van der Waals surface area (Å²) < 4.78 is 22.7. The van der Waals surface area contributed by atoms with E-state index in [4.69, 9.17) is 5.14 Å². The summed E-state index contributed by atoms with van der Waals surface area (Å²) in [7, 11) is -3.74. The number of hydrogen-bond donors (Lipinski definition) is 3. The summed E-state index contributed by atoms with van der Waals surface area (Å²) in [6, 6.07) is 15.3. The van der Waals surface area contributed by atoms with Crippen molar-refractivity contribution < 1.29 is 13.2 Å². The molecule has 0 radical (unpaired) electrons. The molecule has 8 nitrogen and oxygen atoms in total. The fourth-order valence-corrected chi connectivity index (χ4v) is 4.11. The van der Waals surface area contributed by atoms with Crippen LogP contribution in [0.3, 0.4) is 0 Å². The summed E-state index contributed by atoms with van der Waals surface area (Å²) in [6.45, 7) is 0. The third-order valence-corrected chi connectivity index (χ3v) is 6.20. The van der Waals surface area contributed by atoms with Crippen molar-refractivity contribution in [1.29, 1.82) is 0 Å². The summed E-state index contributed by atoms with van der Waals surface area (Å²) in [5.41, 5.74) is 3.00. The predicted molar refractivity (Wildman–Crippen MR) is 119 cm³/mol. The maximum Gasteiger partial charge on any atom is 0.238 e. The number of amides is 1. The third kappa shape index (κ3) is 5.25. The normalized spacial score (nSPS) is 14.4. The topological polar surface area (TPSA) is 127 Å². The molecule has 160 valence electrons. The number of sulfonamides is 1. The van der Waals surface area contributed by atoms with Crippen LogP contribution >= 0.6 is 0 Å². The van der Waals surface area contributed by atoms with Crippen LogP contribution in [-0.2, 0) is 14.8 Å². The molecular weight excluding hydrogens is 414 g/mol. The number of nitrogens with zero attached hydrogens (tertiary/aromatic N) is 2. The minimum absolute atomic E-state index is 0.0350. The van der Waals surface area contributed by atoms with Crippen molar-refractivity contribution in [2.75, 3.05) is 10.6 Å². The Kier molecular flexibility index (Phi) is 5.97. The second kappa shape index (κ2) is 8.83. The van der Waals surface area contributed by atoms with Crippen LogP contribution in [0.15, 0.2) is 65.7 Å². The highest BCUT2D eigenvalue weighted by Gasteiger charge is 2.22. The number of aromatic nitrogens is 2. The number of hydrogen-bond acceptors (Lipinski definition) is 6. The van der Waals surface area contributed by atoms with Gasteiger partial charge in [-0.15, -0.1) is 0 Å². The first kappa shape index (κ1) is 21.0. The summed E-state index contributed by atoms with van der Waals surface area (Å²) in [5.74, 6) is 0.584. The van der Waals surface area contributed by atoms with E-state index in [-0.39, 0.29) is 16.7 Å². The molecule has 9 heteroatoms. The predicted octanol–water partition coefficient (Wildman–Crippen LogP) is 3.66. The van der Waals surface area contributed by atoms with Crippen LogP contribution in [0.4, 0.5) is 17.3 Å². The van der Waals surface area contributed by atoms with Crippen LogP contribution in [0.1, 0.15) is 25.7 Å². The largest absolute Gasteiger partial charge is 0.326 e. The van der Waals surface area contributed by atoms with E-state index in [1.165, 1.54) is 12.1 Å². The van der Waals surface area contributed by atoms with Crippen molar-refractivity contribution in [1.82, 2.24) is 9.97 Å². The van der Waals surface area contributed by atoms with E-state index in [2.05, 4.69) is 20.6 Å². The number of carbonyl (C=O) groups excluding carboxylic acids is 1. The lowest BCUT2D eigenvalue weighted by molar-refractivity contribution is -0.119. The van der Waals surface area contributed by atoms with Crippen LogP contribution in [-0.4, -0.2) is 24.3 Å². The monoisotopic (exact) mass is 437 g/mol. The molecule has 1 aliphatic carbocycles.